The second-order valence-corrected chi connectivity index (χ2v) is 0. The predicted molar refractivity (Wildman–Crippen MR) is 96.5 cm³/mol. The van der Waals surface area contributed by atoms with Gasteiger partial charge < -0.3 is 0 Å². The fourth-order valence-corrected chi connectivity index (χ4v) is 0. The molecular formula is C10H44FP3. The Balaban J connectivity index is -0.00000000286. The molecule has 0 nitrogen and oxygen atoms in total. The molecule has 0 bridgehead atoms. The highest BCUT2D eigenvalue weighted by molar-refractivity contribution is 7.15. The molecule has 0 saturated heterocycles. The lowest BCUT2D eigenvalue weighted by atomic mass is 12.0. The molecule has 0 aromatic heterocycles. The van der Waals surface area contributed by atoms with Gasteiger partial charge in [-0.25, -0.2) is 0 Å². The van der Waals surface area contributed by atoms with Crippen LogP contribution in [0.15, 0.2) is 0 Å². The molecule has 0 saturated carbocycles. The average Bonchev–Trinajstić information content (AvgIpc) is 1.70. The Labute approximate surface area is 109 Å². The van der Waals surface area contributed by atoms with Crippen molar-refractivity contribution in [2.45, 2.75) is 52.0 Å². The van der Waals surface area contributed by atoms with Crippen molar-refractivity contribution in [3.63, 3.8) is 0 Å². The van der Waals surface area contributed by atoms with Crippen LogP contribution in [0, 0.1) is 0 Å². The SMILES string of the molecule is C.C.C.C.C.C.C.F.[2H]CP.[2H]CP.[2H]CP. The Morgan fingerprint density at radius 1 is 0.571 bits per heavy atom. The lowest BCUT2D eigenvalue weighted by Crippen LogP contribution is -0.804. The van der Waals surface area contributed by atoms with Gasteiger partial charge in [0.05, 0.1) is 0 Å². The van der Waals surface area contributed by atoms with Crippen molar-refractivity contribution in [2.24, 2.45) is 0 Å². The van der Waals surface area contributed by atoms with E-state index in [-0.39, 0.29) is 56.7 Å². The van der Waals surface area contributed by atoms with E-state index in [0.29, 0.717) is 19.9 Å². The molecule has 0 spiro atoms. The summed E-state index contributed by atoms with van der Waals surface area (Å²) >= 11 is 0. The van der Waals surface area contributed by atoms with E-state index in [0.717, 1.165) is 0 Å². The summed E-state index contributed by atoms with van der Waals surface area (Å²) in [6.45, 7) is 1.25. The van der Waals surface area contributed by atoms with Crippen LogP contribution in [-0.4, -0.2) is 19.9 Å². The first-order valence-corrected chi connectivity index (χ1v) is 3.67. The molecule has 0 amide bonds. The maximum atomic E-state index is 6.17. The van der Waals surface area contributed by atoms with Crippen molar-refractivity contribution in [2.75, 3.05) is 19.9 Å². The summed E-state index contributed by atoms with van der Waals surface area (Å²) in [5, 5.41) is 0. The van der Waals surface area contributed by atoms with Gasteiger partial charge in [0.25, 0.3) is 0 Å². The van der Waals surface area contributed by atoms with Crippen LogP contribution in [0.4, 0.5) is 4.70 Å². The Morgan fingerprint density at radius 3 is 0.571 bits per heavy atom. The Kier molecular flexibility index (Phi) is 7040. The van der Waals surface area contributed by atoms with Gasteiger partial charge in [0.1, 0.15) is 0 Å². The van der Waals surface area contributed by atoms with Crippen molar-refractivity contribution in [3.8, 4) is 0 Å². The second kappa shape index (κ2) is 1670. The second-order valence-electron chi connectivity index (χ2n) is 0. The highest BCUT2D eigenvalue weighted by Gasteiger charge is 0.910. The van der Waals surface area contributed by atoms with Gasteiger partial charge in [-0.1, -0.05) is 71.9 Å². The van der Waals surface area contributed by atoms with Crippen LogP contribution in [0.25, 0.3) is 0 Å². The van der Waals surface area contributed by atoms with E-state index < -0.39 is 0 Å². The topological polar surface area (TPSA) is 0 Å². The molecule has 0 fully saturated rings. The maximum absolute atomic E-state index is 6.17. The van der Waals surface area contributed by atoms with E-state index in [1.807, 2.05) is 0 Å². The average molecular weight is 279 g/mol. The predicted octanol–water partition coefficient (Wildman–Crippen LogP) is 6.08. The molecule has 3 atom stereocenters. The van der Waals surface area contributed by atoms with Crippen LogP contribution < -0.4 is 0 Å². The summed E-state index contributed by atoms with van der Waals surface area (Å²) in [5.41, 5.74) is 0. The molecule has 0 N–H and O–H groups in total. The first kappa shape index (κ1) is 59.0. The van der Waals surface area contributed by atoms with E-state index in [1.54, 1.807) is 0 Å². The van der Waals surface area contributed by atoms with Gasteiger partial charge in [0.2, 0.25) is 0 Å². The van der Waals surface area contributed by atoms with Gasteiger partial charge in [-0.05, 0) is 0 Å². The van der Waals surface area contributed by atoms with Crippen LogP contribution in [0.2, 0.25) is 0 Å². The van der Waals surface area contributed by atoms with Gasteiger partial charge in [-0.15, -0.1) is 27.7 Å². The van der Waals surface area contributed by atoms with Crippen molar-refractivity contribution in [1.82, 2.24) is 0 Å². The minimum absolute atomic E-state index is 0. The number of hydrogen-bond donors (Lipinski definition) is 0. The first-order chi connectivity index (χ1) is 4.24. The summed E-state index contributed by atoms with van der Waals surface area (Å²) in [5.74, 6) is 0. The quantitative estimate of drug-likeness (QED) is 0.471. The van der Waals surface area contributed by atoms with Gasteiger partial charge in [-0.2, -0.15) is 0 Å². The van der Waals surface area contributed by atoms with Crippen molar-refractivity contribution in [1.29, 1.82) is 0 Å². The Morgan fingerprint density at radius 2 is 0.571 bits per heavy atom. The third kappa shape index (κ3) is 1330. The molecule has 3 unspecified atom stereocenters. The zero-order chi connectivity index (χ0) is 8.12. The molecule has 0 rings (SSSR count). The molecule has 0 aliphatic rings. The monoisotopic (exact) mass is 279 g/mol. The van der Waals surface area contributed by atoms with Gasteiger partial charge in [-0.3, -0.25) is 4.70 Å². The lowest BCUT2D eigenvalue weighted by Gasteiger charge is -1.10. The van der Waals surface area contributed by atoms with E-state index in [4.69, 9.17) is 4.11 Å². The molecule has 0 aromatic rings. The largest absolute Gasteiger partial charge is 0.269 e. The fraction of sp³-hybridized carbons (Fsp3) is 1.00. The van der Waals surface area contributed by atoms with Crippen molar-refractivity contribution in [3.05, 3.63) is 0 Å². The molecular weight excluding hydrogens is 232 g/mol. The molecule has 0 heterocycles. The molecule has 106 valence electrons. The maximum Gasteiger partial charge on any atom is 0.0274 e. The zero-order valence-electron chi connectivity index (χ0n) is 7.26. The minimum Gasteiger partial charge on any atom is -0.269 e. The summed E-state index contributed by atoms with van der Waals surface area (Å²) in [7, 11) is 6.74. The number of halogens is 1. The van der Waals surface area contributed by atoms with E-state index >= 15 is 0 Å². The molecule has 0 aliphatic carbocycles. The third-order valence-corrected chi connectivity index (χ3v) is 0. The normalized spacial score (nSPS) is 4.07. The van der Waals surface area contributed by atoms with Crippen LogP contribution in [-0.2, 0) is 0 Å². The number of rotatable bonds is 0. The van der Waals surface area contributed by atoms with E-state index in [2.05, 4.69) is 27.7 Å². The summed E-state index contributed by atoms with van der Waals surface area (Å²) in [4.78, 5) is 0. The molecule has 0 aliphatic heterocycles. The van der Waals surface area contributed by atoms with E-state index in [1.165, 1.54) is 0 Å². The molecule has 0 radical (unpaired) electrons. The fourth-order valence-electron chi connectivity index (χ4n) is 0. The Bertz CT molecular complexity index is 31.5. The van der Waals surface area contributed by atoms with E-state index in [9.17, 15) is 0 Å². The van der Waals surface area contributed by atoms with Gasteiger partial charge in [0.15, 0.2) is 0 Å². The standard InChI is InChI=1S/3CH5P.7CH4.FH/c3*1-2;;;;;;;;/h3*2H2,1H3;7*1H4;1H/i3*1D;;;;;;;;. The third-order valence-electron chi connectivity index (χ3n) is 0. The summed E-state index contributed by atoms with van der Waals surface area (Å²) < 4.78 is 18.5. The molecule has 14 heavy (non-hydrogen) atoms. The first-order valence-electron chi connectivity index (χ1n) is 3.35. The van der Waals surface area contributed by atoms with Crippen LogP contribution in [0.3, 0.4) is 0 Å². The highest BCUT2D eigenvalue weighted by Crippen LogP contribution is 1.47. The van der Waals surface area contributed by atoms with Crippen LogP contribution in [0.5, 0.6) is 0 Å². The van der Waals surface area contributed by atoms with Crippen LogP contribution in [0.1, 0.15) is 56.1 Å². The lowest BCUT2D eigenvalue weighted by molar-refractivity contribution is 1.11. The highest BCUT2D eigenvalue weighted by atomic mass is 31.0. The number of hydrogen-bond acceptors (Lipinski definition) is 0. The molecule has 4 heteroatoms. The summed E-state index contributed by atoms with van der Waals surface area (Å²) in [6, 6.07) is 0. The zero-order valence-corrected chi connectivity index (χ0v) is 7.73. The smallest absolute Gasteiger partial charge is 0.0274 e. The van der Waals surface area contributed by atoms with Gasteiger partial charge in [0, 0.05) is 4.11 Å². The van der Waals surface area contributed by atoms with Crippen LogP contribution >= 0.6 is 27.7 Å². The van der Waals surface area contributed by atoms with Gasteiger partial charge >= 0.3 is 0 Å². The van der Waals surface area contributed by atoms with Crippen molar-refractivity contribution < 1.29 is 8.82 Å². The minimum atomic E-state index is 0. The summed E-state index contributed by atoms with van der Waals surface area (Å²) in [6.07, 6.45) is 0. The van der Waals surface area contributed by atoms with Crippen molar-refractivity contribution >= 4 is 27.7 Å². The molecule has 0 aromatic carbocycles. The Hall–Kier alpha value is 1.22.